The summed E-state index contributed by atoms with van der Waals surface area (Å²) >= 11 is 0. The smallest absolute Gasteiger partial charge is 0.123 e. The van der Waals surface area contributed by atoms with Crippen molar-refractivity contribution in [1.82, 2.24) is 0 Å². The molecule has 0 aromatic heterocycles. The summed E-state index contributed by atoms with van der Waals surface area (Å²) in [4.78, 5) is 0. The molecule has 92 valence electrons. The summed E-state index contributed by atoms with van der Waals surface area (Å²) in [6.07, 6.45) is 2.04. The zero-order chi connectivity index (χ0) is 12.6. The molecule has 1 nitrogen and oxygen atoms in total. The van der Waals surface area contributed by atoms with E-state index in [0.29, 0.717) is 18.4 Å². The van der Waals surface area contributed by atoms with E-state index in [1.54, 1.807) is 12.1 Å². The van der Waals surface area contributed by atoms with E-state index in [1.807, 2.05) is 18.2 Å². The third-order valence-electron chi connectivity index (χ3n) is 3.77. The van der Waals surface area contributed by atoms with Crippen LogP contribution in [0.2, 0.25) is 0 Å². The summed E-state index contributed by atoms with van der Waals surface area (Å²) < 4.78 is 13.3. The van der Waals surface area contributed by atoms with Gasteiger partial charge >= 0.3 is 0 Å². The van der Waals surface area contributed by atoms with Crippen LogP contribution in [-0.4, -0.2) is 5.11 Å². The Bertz CT molecular complexity index is 579. The molecule has 1 unspecified atom stereocenters. The first-order valence-electron chi connectivity index (χ1n) is 6.23. The van der Waals surface area contributed by atoms with Crippen LogP contribution in [0.25, 0.3) is 0 Å². The van der Waals surface area contributed by atoms with Gasteiger partial charge in [0.15, 0.2) is 0 Å². The predicted octanol–water partition coefficient (Wildman–Crippen LogP) is 3.20. The maximum atomic E-state index is 13.3. The Kier molecular flexibility index (Phi) is 2.67. The molecule has 1 atom stereocenters. The fourth-order valence-corrected chi connectivity index (χ4v) is 2.74. The van der Waals surface area contributed by atoms with Crippen LogP contribution in [0.1, 0.15) is 23.1 Å². The lowest BCUT2D eigenvalue weighted by Crippen LogP contribution is -2.33. The fraction of sp³-hybridized carbons (Fsp3) is 0.250. The number of aryl methyl sites for hydroxylation is 1. The molecule has 0 heterocycles. The van der Waals surface area contributed by atoms with Gasteiger partial charge in [-0.15, -0.1) is 0 Å². The van der Waals surface area contributed by atoms with Gasteiger partial charge in [-0.25, -0.2) is 4.39 Å². The molecule has 0 spiro atoms. The van der Waals surface area contributed by atoms with Gasteiger partial charge in [0.25, 0.3) is 0 Å². The van der Waals surface area contributed by atoms with E-state index >= 15 is 0 Å². The van der Waals surface area contributed by atoms with Crippen LogP contribution in [0, 0.1) is 5.82 Å². The molecule has 0 saturated heterocycles. The summed E-state index contributed by atoms with van der Waals surface area (Å²) in [5.74, 6) is -0.292. The zero-order valence-corrected chi connectivity index (χ0v) is 10.1. The Morgan fingerprint density at radius 1 is 1.00 bits per heavy atom. The number of halogens is 1. The van der Waals surface area contributed by atoms with E-state index in [1.165, 1.54) is 17.7 Å². The Morgan fingerprint density at radius 2 is 1.78 bits per heavy atom. The molecule has 0 saturated carbocycles. The summed E-state index contributed by atoms with van der Waals surface area (Å²) in [6.45, 7) is 0. The number of benzene rings is 2. The van der Waals surface area contributed by atoms with Crippen molar-refractivity contribution in [2.75, 3.05) is 0 Å². The summed E-state index contributed by atoms with van der Waals surface area (Å²) in [5.41, 5.74) is 2.20. The van der Waals surface area contributed by atoms with Crippen LogP contribution in [0.4, 0.5) is 4.39 Å². The SMILES string of the molecule is OC1(c2cccc(F)c2)CCc2ccccc2C1. The molecule has 2 heteroatoms. The molecule has 2 aromatic carbocycles. The molecule has 0 radical (unpaired) electrons. The Hall–Kier alpha value is -1.67. The minimum Gasteiger partial charge on any atom is -0.385 e. The quantitative estimate of drug-likeness (QED) is 0.814. The van der Waals surface area contributed by atoms with E-state index in [2.05, 4.69) is 6.07 Å². The van der Waals surface area contributed by atoms with Crippen molar-refractivity contribution in [3.63, 3.8) is 0 Å². The Morgan fingerprint density at radius 3 is 2.56 bits per heavy atom. The summed E-state index contributed by atoms with van der Waals surface area (Å²) in [7, 11) is 0. The van der Waals surface area contributed by atoms with Gasteiger partial charge in [-0.2, -0.15) is 0 Å². The van der Waals surface area contributed by atoms with Crippen molar-refractivity contribution in [1.29, 1.82) is 0 Å². The summed E-state index contributed by atoms with van der Waals surface area (Å²) in [5, 5.41) is 10.7. The van der Waals surface area contributed by atoms with Gasteiger partial charge in [0.1, 0.15) is 5.82 Å². The minimum atomic E-state index is -0.934. The van der Waals surface area contributed by atoms with Gasteiger partial charge in [0.2, 0.25) is 0 Å². The van der Waals surface area contributed by atoms with E-state index in [-0.39, 0.29) is 5.82 Å². The highest BCUT2D eigenvalue weighted by Gasteiger charge is 2.33. The third kappa shape index (κ3) is 1.93. The van der Waals surface area contributed by atoms with Crippen molar-refractivity contribution in [2.24, 2.45) is 0 Å². The fourth-order valence-electron chi connectivity index (χ4n) is 2.74. The third-order valence-corrected chi connectivity index (χ3v) is 3.77. The lowest BCUT2D eigenvalue weighted by molar-refractivity contribution is 0.0220. The first-order valence-corrected chi connectivity index (χ1v) is 6.23. The van der Waals surface area contributed by atoms with Crippen LogP contribution < -0.4 is 0 Å². The maximum absolute atomic E-state index is 13.3. The molecule has 0 aliphatic heterocycles. The molecule has 2 aromatic rings. The van der Waals surface area contributed by atoms with Crippen molar-refractivity contribution in [2.45, 2.75) is 24.9 Å². The normalized spacial score (nSPS) is 22.6. The molecule has 0 amide bonds. The van der Waals surface area contributed by atoms with E-state index < -0.39 is 5.60 Å². The second-order valence-electron chi connectivity index (χ2n) is 4.99. The van der Waals surface area contributed by atoms with E-state index in [0.717, 1.165) is 12.0 Å². The van der Waals surface area contributed by atoms with Gasteiger partial charge in [0.05, 0.1) is 5.60 Å². The van der Waals surface area contributed by atoms with Crippen LogP contribution in [0.3, 0.4) is 0 Å². The lowest BCUT2D eigenvalue weighted by atomic mass is 9.76. The molecule has 1 aliphatic rings. The molecule has 1 N–H and O–H groups in total. The predicted molar refractivity (Wildman–Crippen MR) is 68.8 cm³/mol. The molecular weight excluding hydrogens is 227 g/mol. The van der Waals surface area contributed by atoms with Crippen LogP contribution in [-0.2, 0) is 18.4 Å². The monoisotopic (exact) mass is 242 g/mol. The highest BCUT2D eigenvalue weighted by atomic mass is 19.1. The van der Waals surface area contributed by atoms with Crippen molar-refractivity contribution >= 4 is 0 Å². The molecule has 18 heavy (non-hydrogen) atoms. The molecule has 1 aliphatic carbocycles. The molecule has 0 fully saturated rings. The second-order valence-corrected chi connectivity index (χ2v) is 4.99. The standard InChI is InChI=1S/C16H15FO/c17-15-7-3-6-14(10-15)16(18)9-8-12-4-1-2-5-13(12)11-16/h1-7,10,18H,8-9,11H2. The molecule has 3 rings (SSSR count). The van der Waals surface area contributed by atoms with Crippen molar-refractivity contribution < 1.29 is 9.50 Å². The van der Waals surface area contributed by atoms with Crippen LogP contribution >= 0.6 is 0 Å². The largest absolute Gasteiger partial charge is 0.385 e. The number of aliphatic hydroxyl groups is 1. The molecule has 0 bridgehead atoms. The summed E-state index contributed by atoms with van der Waals surface area (Å²) in [6, 6.07) is 14.4. The van der Waals surface area contributed by atoms with Crippen LogP contribution in [0.15, 0.2) is 48.5 Å². The zero-order valence-electron chi connectivity index (χ0n) is 10.1. The molecular formula is C16H15FO. The first kappa shape index (κ1) is 11.4. The highest BCUT2D eigenvalue weighted by molar-refractivity contribution is 5.35. The van der Waals surface area contributed by atoms with Gasteiger partial charge in [0, 0.05) is 6.42 Å². The van der Waals surface area contributed by atoms with Gasteiger partial charge in [-0.1, -0.05) is 36.4 Å². The van der Waals surface area contributed by atoms with Crippen LogP contribution in [0.5, 0.6) is 0 Å². The maximum Gasteiger partial charge on any atom is 0.123 e. The van der Waals surface area contributed by atoms with Gasteiger partial charge < -0.3 is 5.11 Å². The number of hydrogen-bond acceptors (Lipinski definition) is 1. The lowest BCUT2D eigenvalue weighted by Gasteiger charge is -2.34. The number of fused-ring (bicyclic) bond motifs is 1. The Labute approximate surface area is 106 Å². The average Bonchev–Trinajstić information content (AvgIpc) is 2.38. The number of rotatable bonds is 1. The average molecular weight is 242 g/mol. The number of hydrogen-bond donors (Lipinski definition) is 1. The van der Waals surface area contributed by atoms with E-state index in [9.17, 15) is 9.50 Å². The van der Waals surface area contributed by atoms with Crippen molar-refractivity contribution in [3.8, 4) is 0 Å². The van der Waals surface area contributed by atoms with Gasteiger partial charge in [-0.05, 0) is 41.7 Å². The van der Waals surface area contributed by atoms with Crippen molar-refractivity contribution in [3.05, 3.63) is 71.0 Å². The van der Waals surface area contributed by atoms with E-state index in [4.69, 9.17) is 0 Å². The highest BCUT2D eigenvalue weighted by Crippen LogP contribution is 2.36. The second kappa shape index (κ2) is 4.21. The Balaban J connectivity index is 1.99. The van der Waals surface area contributed by atoms with Gasteiger partial charge in [-0.3, -0.25) is 0 Å². The topological polar surface area (TPSA) is 20.2 Å². The minimum absolute atomic E-state index is 0.292. The first-order chi connectivity index (χ1) is 8.67.